The second-order valence-corrected chi connectivity index (χ2v) is 11.0. The van der Waals surface area contributed by atoms with Gasteiger partial charge in [-0.25, -0.2) is 13.8 Å². The highest BCUT2D eigenvalue weighted by molar-refractivity contribution is 7.90. The van der Waals surface area contributed by atoms with Crippen molar-refractivity contribution in [3.63, 3.8) is 0 Å². The van der Waals surface area contributed by atoms with Gasteiger partial charge in [-0.05, 0) is 37.0 Å². The minimum absolute atomic E-state index is 0.0631. The van der Waals surface area contributed by atoms with Gasteiger partial charge in [-0.15, -0.1) is 0 Å². The molecule has 0 bridgehead atoms. The summed E-state index contributed by atoms with van der Waals surface area (Å²) >= 11 is 0. The van der Waals surface area contributed by atoms with Crippen molar-refractivity contribution in [1.29, 1.82) is 0 Å². The van der Waals surface area contributed by atoms with Crippen LogP contribution in [0.4, 0.5) is 14.5 Å². The quantitative estimate of drug-likeness (QED) is 0.719. The van der Waals surface area contributed by atoms with Crippen LogP contribution in [0.25, 0.3) is 11.0 Å². The molecule has 0 aliphatic heterocycles. The smallest absolute Gasteiger partial charge is 0.301 e. The van der Waals surface area contributed by atoms with Gasteiger partial charge in [-0.3, -0.25) is 4.31 Å². The second kappa shape index (κ2) is 8.07. The number of nitrogens with zero attached hydrogens (tertiary/aromatic N) is 3. The van der Waals surface area contributed by atoms with E-state index >= 15 is 0 Å². The topological polar surface area (TPSA) is 67.2 Å². The summed E-state index contributed by atoms with van der Waals surface area (Å²) < 4.78 is 57.6. The van der Waals surface area contributed by atoms with Crippen LogP contribution in [0.15, 0.2) is 18.2 Å². The maximum absolute atomic E-state index is 13.6. The summed E-state index contributed by atoms with van der Waals surface area (Å²) in [5, 5.41) is 0. The Labute approximate surface area is 177 Å². The van der Waals surface area contributed by atoms with Gasteiger partial charge in [0, 0.05) is 38.4 Å². The van der Waals surface area contributed by atoms with Crippen LogP contribution < -0.4 is 9.03 Å². The Morgan fingerprint density at radius 3 is 2.47 bits per heavy atom. The average molecular weight is 443 g/mol. The number of fused-ring (bicyclic) bond motifs is 1. The van der Waals surface area contributed by atoms with Gasteiger partial charge in [0.25, 0.3) is 0 Å². The van der Waals surface area contributed by atoms with Crippen molar-refractivity contribution < 1.29 is 17.2 Å². The zero-order valence-corrected chi connectivity index (χ0v) is 19.2. The number of hydrogen-bond acceptors (Lipinski definition) is 3. The van der Waals surface area contributed by atoms with E-state index in [0.717, 1.165) is 11.3 Å². The molecule has 2 aromatic rings. The number of anilines is 1. The maximum Gasteiger partial charge on any atom is 0.301 e. The van der Waals surface area contributed by atoms with E-state index in [9.17, 15) is 17.2 Å². The van der Waals surface area contributed by atoms with E-state index < -0.39 is 16.1 Å². The number of imidazole rings is 1. The molecule has 9 heteroatoms. The third-order valence-corrected chi connectivity index (χ3v) is 7.32. The summed E-state index contributed by atoms with van der Waals surface area (Å²) in [7, 11) is -2.12. The van der Waals surface area contributed by atoms with Crippen LogP contribution in [0.5, 0.6) is 0 Å². The van der Waals surface area contributed by atoms with Crippen LogP contribution in [-0.2, 0) is 22.2 Å². The summed E-state index contributed by atoms with van der Waals surface area (Å²) in [4.78, 5) is 4.82. The lowest BCUT2D eigenvalue weighted by Crippen LogP contribution is -2.38. The summed E-state index contributed by atoms with van der Waals surface area (Å²) in [5.41, 5.74) is 1.89. The molecule has 168 valence electrons. The molecule has 0 radical (unpaired) electrons. The maximum atomic E-state index is 13.6. The molecule has 1 aliphatic carbocycles. The van der Waals surface area contributed by atoms with Gasteiger partial charge >= 0.3 is 10.2 Å². The first-order chi connectivity index (χ1) is 13.8. The number of halogens is 2. The summed E-state index contributed by atoms with van der Waals surface area (Å²) in [6.07, 6.45) is 0.870. The average Bonchev–Trinajstić information content (AvgIpc) is 3.01. The highest BCUT2D eigenvalue weighted by Gasteiger charge is 2.35. The van der Waals surface area contributed by atoms with Crippen LogP contribution in [0.1, 0.15) is 59.2 Å². The van der Waals surface area contributed by atoms with Gasteiger partial charge in [0.15, 0.2) is 0 Å². The summed E-state index contributed by atoms with van der Waals surface area (Å²) in [5.74, 6) is -1.48. The predicted octanol–water partition coefficient (Wildman–Crippen LogP) is 4.45. The fourth-order valence-electron chi connectivity index (χ4n) is 4.03. The molecule has 0 atom stereocenters. The fraction of sp³-hybridized carbons (Fsp3) is 0.667. The highest BCUT2D eigenvalue weighted by Crippen LogP contribution is 2.38. The first-order valence-corrected chi connectivity index (χ1v) is 11.9. The Morgan fingerprint density at radius 1 is 1.27 bits per heavy atom. The van der Waals surface area contributed by atoms with E-state index in [1.165, 1.54) is 11.4 Å². The lowest BCUT2D eigenvalue weighted by atomic mass is 9.86. The molecule has 3 rings (SSSR count). The van der Waals surface area contributed by atoms with Crippen molar-refractivity contribution in [3.05, 3.63) is 24.0 Å². The van der Waals surface area contributed by atoms with Crippen molar-refractivity contribution in [2.75, 3.05) is 17.9 Å². The summed E-state index contributed by atoms with van der Waals surface area (Å²) in [6, 6.07) is 5.41. The molecular weight excluding hydrogens is 410 g/mol. The molecule has 1 aromatic carbocycles. The molecule has 1 aliphatic rings. The van der Waals surface area contributed by atoms with Crippen LogP contribution in [0.2, 0.25) is 0 Å². The molecule has 0 amide bonds. The van der Waals surface area contributed by atoms with Crippen LogP contribution in [0, 0.1) is 5.92 Å². The standard InChI is InChI=1S/C21H32F2N4O2S/c1-6-24-30(28,29)26(5)16-7-8-18-17(13-16)25-19(20(2,3)4)27(18)14-15-9-11-21(22,23)12-10-15/h7-8,13,15,24H,6,9-12,14H2,1-5H3. The van der Waals surface area contributed by atoms with E-state index in [2.05, 4.69) is 30.1 Å². The molecule has 0 unspecified atom stereocenters. The van der Waals surface area contributed by atoms with Crippen molar-refractivity contribution in [3.8, 4) is 0 Å². The minimum atomic E-state index is -3.62. The number of benzene rings is 1. The largest absolute Gasteiger partial charge is 0.327 e. The van der Waals surface area contributed by atoms with Crippen molar-refractivity contribution >= 4 is 26.9 Å². The van der Waals surface area contributed by atoms with Gasteiger partial charge in [0.1, 0.15) is 5.82 Å². The van der Waals surface area contributed by atoms with Crippen LogP contribution in [0.3, 0.4) is 0 Å². The van der Waals surface area contributed by atoms with Crippen LogP contribution in [-0.4, -0.2) is 37.5 Å². The van der Waals surface area contributed by atoms with E-state index in [-0.39, 0.29) is 24.2 Å². The van der Waals surface area contributed by atoms with Gasteiger partial charge in [0.2, 0.25) is 5.92 Å². The minimum Gasteiger partial charge on any atom is -0.327 e. The Morgan fingerprint density at radius 2 is 1.90 bits per heavy atom. The van der Waals surface area contributed by atoms with E-state index in [4.69, 9.17) is 4.98 Å². The zero-order chi connectivity index (χ0) is 22.3. The number of nitrogens with one attached hydrogen (secondary N) is 1. The van der Waals surface area contributed by atoms with Gasteiger partial charge in [-0.2, -0.15) is 13.1 Å². The van der Waals surface area contributed by atoms with Crippen molar-refractivity contribution in [2.45, 2.75) is 71.3 Å². The lowest BCUT2D eigenvalue weighted by Gasteiger charge is -2.30. The molecule has 1 fully saturated rings. The highest BCUT2D eigenvalue weighted by atomic mass is 32.2. The molecule has 30 heavy (non-hydrogen) atoms. The van der Waals surface area contributed by atoms with Gasteiger partial charge in [-0.1, -0.05) is 27.7 Å². The first-order valence-electron chi connectivity index (χ1n) is 10.5. The van der Waals surface area contributed by atoms with E-state index in [1.54, 1.807) is 19.1 Å². The number of alkyl halides is 2. The number of aromatic nitrogens is 2. The Balaban J connectivity index is 1.98. The monoisotopic (exact) mass is 442 g/mol. The predicted molar refractivity (Wildman–Crippen MR) is 116 cm³/mol. The lowest BCUT2D eigenvalue weighted by molar-refractivity contribution is -0.0473. The normalized spacial score (nSPS) is 18.1. The molecule has 6 nitrogen and oxygen atoms in total. The van der Waals surface area contributed by atoms with Gasteiger partial charge in [0.05, 0.1) is 16.7 Å². The number of hydrogen-bond donors (Lipinski definition) is 1. The second-order valence-electron chi connectivity index (χ2n) is 9.24. The Bertz CT molecular complexity index is 1000. The van der Waals surface area contributed by atoms with E-state index in [0.29, 0.717) is 37.1 Å². The molecular formula is C21H32F2N4O2S. The number of rotatable bonds is 6. The summed E-state index contributed by atoms with van der Waals surface area (Å²) in [6.45, 7) is 8.89. The zero-order valence-electron chi connectivity index (χ0n) is 18.4. The molecule has 1 heterocycles. The van der Waals surface area contributed by atoms with Crippen LogP contribution >= 0.6 is 0 Å². The molecule has 1 saturated carbocycles. The van der Waals surface area contributed by atoms with Crippen molar-refractivity contribution in [1.82, 2.24) is 14.3 Å². The molecule has 1 N–H and O–H groups in total. The Hall–Kier alpha value is -1.74. The third-order valence-electron chi connectivity index (χ3n) is 5.73. The SMILES string of the molecule is CCNS(=O)(=O)N(C)c1ccc2c(c1)nc(C(C)(C)C)n2CC1CCC(F)(F)CC1. The molecule has 0 spiro atoms. The third kappa shape index (κ3) is 4.77. The van der Waals surface area contributed by atoms with Gasteiger partial charge < -0.3 is 4.57 Å². The fourth-order valence-corrected chi connectivity index (χ4v) is 4.98. The molecule has 0 saturated heterocycles. The Kier molecular flexibility index (Phi) is 6.17. The molecule has 1 aromatic heterocycles. The first kappa shape index (κ1) is 22.9. The van der Waals surface area contributed by atoms with E-state index in [1.807, 2.05) is 6.07 Å². The van der Waals surface area contributed by atoms with Crippen molar-refractivity contribution in [2.24, 2.45) is 5.92 Å².